The molecule has 0 aromatic heterocycles. The van der Waals surface area contributed by atoms with Gasteiger partial charge in [0.2, 0.25) is 0 Å². The lowest BCUT2D eigenvalue weighted by Gasteiger charge is -2.34. The van der Waals surface area contributed by atoms with Gasteiger partial charge < -0.3 is 15.4 Å². The molecule has 1 amide bonds. The number of carbonyl (C=O) groups excluding carboxylic acids is 1. The van der Waals surface area contributed by atoms with Crippen molar-refractivity contribution in [3.63, 3.8) is 0 Å². The van der Waals surface area contributed by atoms with Crippen molar-refractivity contribution in [2.45, 2.75) is 25.0 Å². The second-order valence-corrected chi connectivity index (χ2v) is 4.76. The van der Waals surface area contributed by atoms with Crippen molar-refractivity contribution in [3.8, 4) is 0 Å². The van der Waals surface area contributed by atoms with E-state index in [1.807, 2.05) is 0 Å². The van der Waals surface area contributed by atoms with Gasteiger partial charge in [-0.3, -0.25) is 4.79 Å². The van der Waals surface area contributed by atoms with Gasteiger partial charge in [0.05, 0.1) is 0 Å². The summed E-state index contributed by atoms with van der Waals surface area (Å²) in [7, 11) is 1.56. The van der Waals surface area contributed by atoms with Crippen LogP contribution in [0.5, 0.6) is 0 Å². The SMILES string of the molecule is COC1(C(=O)NCc2cccc(F)c2)CCNCC1. The predicted molar refractivity (Wildman–Crippen MR) is 70.1 cm³/mol. The molecule has 1 aliphatic rings. The zero-order valence-corrected chi connectivity index (χ0v) is 11.0. The average molecular weight is 266 g/mol. The van der Waals surface area contributed by atoms with Gasteiger partial charge in [-0.1, -0.05) is 12.1 Å². The maximum atomic E-state index is 13.0. The van der Waals surface area contributed by atoms with Gasteiger partial charge in [0.1, 0.15) is 11.4 Å². The Kier molecular flexibility index (Phi) is 4.50. The first-order valence-corrected chi connectivity index (χ1v) is 6.45. The van der Waals surface area contributed by atoms with Crippen LogP contribution in [-0.4, -0.2) is 31.7 Å². The second kappa shape index (κ2) is 6.12. The third kappa shape index (κ3) is 3.30. The summed E-state index contributed by atoms with van der Waals surface area (Å²) in [4.78, 5) is 12.3. The smallest absolute Gasteiger partial charge is 0.252 e. The number of piperidine rings is 1. The Bertz CT molecular complexity index is 445. The van der Waals surface area contributed by atoms with Gasteiger partial charge in [0, 0.05) is 13.7 Å². The molecule has 2 rings (SSSR count). The van der Waals surface area contributed by atoms with E-state index in [0.29, 0.717) is 19.4 Å². The summed E-state index contributed by atoms with van der Waals surface area (Å²) in [5.74, 6) is -0.421. The molecule has 0 unspecified atom stereocenters. The molecule has 4 nitrogen and oxygen atoms in total. The first kappa shape index (κ1) is 14.0. The van der Waals surface area contributed by atoms with E-state index in [4.69, 9.17) is 4.74 Å². The van der Waals surface area contributed by atoms with Crippen molar-refractivity contribution in [1.82, 2.24) is 10.6 Å². The number of ether oxygens (including phenoxy) is 1. The molecular formula is C14H19FN2O2. The first-order chi connectivity index (χ1) is 9.16. The van der Waals surface area contributed by atoms with Gasteiger partial charge in [-0.15, -0.1) is 0 Å². The molecule has 1 heterocycles. The summed E-state index contributed by atoms with van der Waals surface area (Å²) in [6.07, 6.45) is 1.30. The van der Waals surface area contributed by atoms with Crippen LogP contribution >= 0.6 is 0 Å². The normalized spacial score (nSPS) is 18.0. The Morgan fingerprint density at radius 2 is 2.21 bits per heavy atom. The van der Waals surface area contributed by atoms with Gasteiger partial charge in [-0.25, -0.2) is 4.39 Å². The molecule has 1 aliphatic heterocycles. The molecule has 0 bridgehead atoms. The van der Waals surface area contributed by atoms with E-state index in [1.54, 1.807) is 19.2 Å². The number of methoxy groups -OCH3 is 1. The minimum Gasteiger partial charge on any atom is -0.368 e. The first-order valence-electron chi connectivity index (χ1n) is 6.45. The highest BCUT2D eigenvalue weighted by Gasteiger charge is 2.39. The summed E-state index contributed by atoms with van der Waals surface area (Å²) >= 11 is 0. The Morgan fingerprint density at radius 1 is 1.47 bits per heavy atom. The molecule has 1 fully saturated rings. The monoisotopic (exact) mass is 266 g/mol. The van der Waals surface area contributed by atoms with E-state index in [0.717, 1.165) is 18.7 Å². The van der Waals surface area contributed by atoms with Crippen LogP contribution in [-0.2, 0) is 16.1 Å². The van der Waals surface area contributed by atoms with Gasteiger partial charge in [-0.2, -0.15) is 0 Å². The molecule has 0 radical (unpaired) electrons. The van der Waals surface area contributed by atoms with Gasteiger partial charge in [0.25, 0.3) is 5.91 Å². The maximum absolute atomic E-state index is 13.0. The Morgan fingerprint density at radius 3 is 2.84 bits per heavy atom. The number of benzene rings is 1. The van der Waals surface area contributed by atoms with Crippen LogP contribution in [0.2, 0.25) is 0 Å². The Labute approximate surface area is 112 Å². The van der Waals surface area contributed by atoms with E-state index in [2.05, 4.69) is 10.6 Å². The predicted octanol–water partition coefficient (Wildman–Crippen LogP) is 1.21. The lowest BCUT2D eigenvalue weighted by Crippen LogP contribution is -2.53. The number of hydrogen-bond acceptors (Lipinski definition) is 3. The third-order valence-corrected chi connectivity index (χ3v) is 3.56. The van der Waals surface area contributed by atoms with Crippen molar-refractivity contribution in [2.75, 3.05) is 20.2 Å². The van der Waals surface area contributed by atoms with E-state index >= 15 is 0 Å². The molecule has 0 spiro atoms. The molecule has 1 aromatic rings. The summed E-state index contributed by atoms with van der Waals surface area (Å²) in [6, 6.07) is 6.22. The number of nitrogens with one attached hydrogen (secondary N) is 2. The van der Waals surface area contributed by atoms with Crippen LogP contribution in [0.1, 0.15) is 18.4 Å². The number of amides is 1. The topological polar surface area (TPSA) is 50.4 Å². The summed E-state index contributed by atoms with van der Waals surface area (Å²) in [5, 5.41) is 6.03. The van der Waals surface area contributed by atoms with Gasteiger partial charge >= 0.3 is 0 Å². The van der Waals surface area contributed by atoms with Crippen molar-refractivity contribution in [1.29, 1.82) is 0 Å². The van der Waals surface area contributed by atoms with Crippen LogP contribution in [0.15, 0.2) is 24.3 Å². The maximum Gasteiger partial charge on any atom is 0.252 e. The van der Waals surface area contributed by atoms with Crippen molar-refractivity contribution >= 4 is 5.91 Å². The summed E-state index contributed by atoms with van der Waals surface area (Å²) in [6.45, 7) is 1.84. The lowest BCUT2D eigenvalue weighted by atomic mass is 9.91. The van der Waals surface area contributed by atoms with E-state index in [9.17, 15) is 9.18 Å². The molecule has 0 saturated carbocycles. The van der Waals surface area contributed by atoms with E-state index in [-0.39, 0.29) is 11.7 Å². The largest absolute Gasteiger partial charge is 0.368 e. The lowest BCUT2D eigenvalue weighted by molar-refractivity contribution is -0.146. The van der Waals surface area contributed by atoms with Gasteiger partial charge in [0.15, 0.2) is 0 Å². The van der Waals surface area contributed by atoms with Crippen LogP contribution < -0.4 is 10.6 Å². The van der Waals surface area contributed by atoms with Crippen LogP contribution in [0.3, 0.4) is 0 Å². The van der Waals surface area contributed by atoms with E-state index in [1.165, 1.54) is 12.1 Å². The number of halogens is 1. The summed E-state index contributed by atoms with van der Waals surface area (Å²) in [5.41, 5.74) is -0.00740. The fourth-order valence-corrected chi connectivity index (χ4v) is 2.34. The molecule has 1 aromatic carbocycles. The van der Waals surface area contributed by atoms with Crippen LogP contribution in [0.25, 0.3) is 0 Å². The third-order valence-electron chi connectivity index (χ3n) is 3.56. The van der Waals surface area contributed by atoms with Gasteiger partial charge in [-0.05, 0) is 43.6 Å². The standard InChI is InChI=1S/C14H19FN2O2/c1-19-14(5-7-16-8-6-14)13(18)17-10-11-3-2-4-12(15)9-11/h2-4,9,16H,5-8,10H2,1H3,(H,17,18). The zero-order valence-electron chi connectivity index (χ0n) is 11.0. The number of carbonyl (C=O) groups is 1. The Hall–Kier alpha value is -1.46. The van der Waals surface area contributed by atoms with Crippen molar-refractivity contribution < 1.29 is 13.9 Å². The number of hydrogen-bond donors (Lipinski definition) is 2. The molecule has 0 atom stereocenters. The summed E-state index contributed by atoms with van der Waals surface area (Å²) < 4.78 is 18.5. The van der Waals surface area contributed by atoms with Crippen molar-refractivity contribution in [2.24, 2.45) is 0 Å². The van der Waals surface area contributed by atoms with Crippen molar-refractivity contribution in [3.05, 3.63) is 35.6 Å². The quantitative estimate of drug-likeness (QED) is 0.861. The fraction of sp³-hybridized carbons (Fsp3) is 0.500. The average Bonchev–Trinajstić information content (AvgIpc) is 2.45. The molecule has 1 saturated heterocycles. The minimum atomic E-state index is -0.751. The highest BCUT2D eigenvalue weighted by molar-refractivity contribution is 5.85. The second-order valence-electron chi connectivity index (χ2n) is 4.76. The molecule has 5 heteroatoms. The highest BCUT2D eigenvalue weighted by atomic mass is 19.1. The molecule has 0 aliphatic carbocycles. The van der Waals surface area contributed by atoms with Crippen LogP contribution in [0, 0.1) is 5.82 Å². The molecular weight excluding hydrogens is 247 g/mol. The highest BCUT2D eigenvalue weighted by Crippen LogP contribution is 2.22. The number of rotatable bonds is 4. The van der Waals surface area contributed by atoms with Crippen LogP contribution in [0.4, 0.5) is 4.39 Å². The fourth-order valence-electron chi connectivity index (χ4n) is 2.34. The molecule has 2 N–H and O–H groups in total. The molecule has 19 heavy (non-hydrogen) atoms. The molecule has 104 valence electrons. The minimum absolute atomic E-state index is 0.124. The Balaban J connectivity index is 1.96. The van der Waals surface area contributed by atoms with E-state index < -0.39 is 5.60 Å². The zero-order chi connectivity index (χ0) is 13.7.